The molecule has 1 aliphatic heterocycles. The predicted molar refractivity (Wildman–Crippen MR) is 143 cm³/mol. The average Bonchev–Trinajstić information content (AvgIpc) is 3.42. The van der Waals surface area contributed by atoms with Crippen LogP contribution in [0, 0.1) is 5.92 Å². The highest BCUT2D eigenvalue weighted by atomic mass is 16.5. The summed E-state index contributed by atoms with van der Waals surface area (Å²) in [6.07, 6.45) is -0.131. The van der Waals surface area contributed by atoms with Gasteiger partial charge in [-0.25, -0.2) is 0 Å². The van der Waals surface area contributed by atoms with Gasteiger partial charge in [-0.3, -0.25) is 19.3 Å². The van der Waals surface area contributed by atoms with E-state index >= 15 is 0 Å². The first-order chi connectivity index (χ1) is 19.5. The van der Waals surface area contributed by atoms with E-state index in [0.29, 0.717) is 22.4 Å². The van der Waals surface area contributed by atoms with Gasteiger partial charge in [-0.05, 0) is 36.1 Å². The number of phenolic OH excluding ortho intramolecular Hbond substituents is 2. The van der Waals surface area contributed by atoms with Crippen LogP contribution < -0.4 is 5.73 Å². The predicted octanol–water partition coefficient (Wildman–Crippen LogP) is 1.70. The molecule has 1 saturated heterocycles. The highest BCUT2D eigenvalue weighted by molar-refractivity contribution is 6.25. The smallest absolute Gasteiger partial charge is 0.255 e. The zero-order valence-corrected chi connectivity index (χ0v) is 22.4. The Balaban J connectivity index is 1.59. The molecule has 12 heteroatoms. The van der Waals surface area contributed by atoms with Crippen LogP contribution in [0.15, 0.2) is 40.1 Å². The molecule has 2 aliphatic carbocycles. The number of nitrogens with two attached hydrogens (primary N) is 1. The van der Waals surface area contributed by atoms with Crippen molar-refractivity contribution >= 4 is 28.2 Å². The van der Waals surface area contributed by atoms with Gasteiger partial charge in [0.15, 0.2) is 17.1 Å². The number of hydrogen-bond acceptors (Lipinski definition) is 11. The van der Waals surface area contributed by atoms with Gasteiger partial charge in [0.25, 0.3) is 5.91 Å². The first kappa shape index (κ1) is 26.9. The van der Waals surface area contributed by atoms with Crippen molar-refractivity contribution in [3.8, 4) is 22.8 Å². The van der Waals surface area contributed by atoms with Crippen molar-refractivity contribution in [3.63, 3.8) is 0 Å². The van der Waals surface area contributed by atoms with E-state index in [1.165, 1.54) is 6.07 Å². The summed E-state index contributed by atoms with van der Waals surface area (Å²) in [6.45, 7) is 5.03. The zero-order chi connectivity index (χ0) is 29.4. The largest absolute Gasteiger partial charge is 0.508 e. The molecule has 0 spiro atoms. The molecule has 3 aromatic rings. The van der Waals surface area contributed by atoms with Crippen LogP contribution in [0.1, 0.15) is 41.4 Å². The average molecular weight is 564 g/mol. The van der Waals surface area contributed by atoms with Crippen LogP contribution in [0.4, 0.5) is 0 Å². The molecule has 1 aromatic heterocycles. The molecule has 0 saturated carbocycles. The van der Waals surface area contributed by atoms with Crippen LogP contribution in [-0.4, -0.2) is 85.9 Å². The molecule has 3 unspecified atom stereocenters. The molecule has 2 heterocycles. The monoisotopic (exact) mass is 563 g/mol. The summed E-state index contributed by atoms with van der Waals surface area (Å²) >= 11 is 0. The summed E-state index contributed by atoms with van der Waals surface area (Å²) in [5, 5.41) is 49.5. The van der Waals surface area contributed by atoms with E-state index in [9.17, 15) is 34.8 Å². The molecule has 3 aliphatic rings. The van der Waals surface area contributed by atoms with Gasteiger partial charge in [0.2, 0.25) is 5.78 Å². The number of carbonyl (C=O) groups excluding carboxylic acids is 3. The number of rotatable bonds is 4. The van der Waals surface area contributed by atoms with Crippen LogP contribution in [0.2, 0.25) is 0 Å². The molecule has 1 fully saturated rings. The number of aromatic hydroxyl groups is 2. The van der Waals surface area contributed by atoms with E-state index in [4.69, 9.17) is 15.0 Å². The fourth-order valence-corrected chi connectivity index (χ4v) is 6.37. The quantitative estimate of drug-likeness (QED) is 0.290. The highest BCUT2D eigenvalue weighted by Gasteiger charge is 2.62. The number of hydrogen-bond donors (Lipinski definition) is 5. The Morgan fingerprint density at radius 1 is 1.15 bits per heavy atom. The van der Waals surface area contributed by atoms with Gasteiger partial charge >= 0.3 is 0 Å². The van der Waals surface area contributed by atoms with Crippen molar-refractivity contribution in [3.05, 3.63) is 52.4 Å². The fraction of sp³-hybridized carbons (Fsp3) is 0.379. The second-order valence-electron chi connectivity index (χ2n) is 11.0. The first-order valence-electron chi connectivity index (χ1n) is 13.3. The van der Waals surface area contributed by atoms with Crippen molar-refractivity contribution in [1.82, 2.24) is 10.1 Å². The maximum atomic E-state index is 14.1. The minimum atomic E-state index is -2.73. The van der Waals surface area contributed by atoms with Gasteiger partial charge in [0, 0.05) is 36.0 Å². The standard InChI is InChI=1S/C29H29N3O9/c1-12(2)17-11-19(41-31-17)14-3-4-18(33)21-15(14)9-13-10-16-23(32-5-7-40-8-6-32)25(35)22(28(30)38)27(37)29(16,39)26(36)20(13)24(21)34/h3-4,9,11-12,16,23,33-34,37,39H,5-8,10H2,1-2H3,(H2,30,38). The van der Waals surface area contributed by atoms with Gasteiger partial charge in [-0.15, -0.1) is 0 Å². The number of amides is 1. The van der Waals surface area contributed by atoms with E-state index in [0.717, 1.165) is 0 Å². The number of fused-ring (bicyclic) bond motifs is 3. The van der Waals surface area contributed by atoms with E-state index in [1.807, 2.05) is 13.8 Å². The second-order valence-corrected chi connectivity index (χ2v) is 11.0. The Morgan fingerprint density at radius 2 is 1.85 bits per heavy atom. The summed E-state index contributed by atoms with van der Waals surface area (Å²) in [4.78, 5) is 41.7. The number of aliphatic hydroxyl groups is 2. The number of nitrogens with zero attached hydrogens (tertiary/aromatic N) is 2. The lowest BCUT2D eigenvalue weighted by Gasteiger charge is -2.49. The topological polar surface area (TPSA) is 197 Å². The number of ketones is 2. The number of phenols is 2. The molecular formula is C29H29N3O9. The number of aromatic nitrogens is 1. The van der Waals surface area contributed by atoms with E-state index in [1.54, 1.807) is 23.1 Å². The Hall–Kier alpha value is -4.26. The number of ether oxygens (including phenoxy) is 1. The van der Waals surface area contributed by atoms with E-state index in [-0.39, 0.29) is 60.9 Å². The zero-order valence-electron chi connectivity index (χ0n) is 22.4. The number of morpholine rings is 1. The number of carbonyl (C=O) groups is 3. The Kier molecular flexibility index (Phi) is 6.18. The summed E-state index contributed by atoms with van der Waals surface area (Å²) in [5.74, 6) is -6.04. The fourth-order valence-electron chi connectivity index (χ4n) is 6.37. The van der Waals surface area contributed by atoms with Crippen molar-refractivity contribution in [2.24, 2.45) is 11.7 Å². The maximum absolute atomic E-state index is 14.1. The lowest BCUT2D eigenvalue weighted by atomic mass is 9.61. The molecule has 41 heavy (non-hydrogen) atoms. The van der Waals surface area contributed by atoms with Crippen LogP contribution >= 0.6 is 0 Å². The molecule has 2 aromatic carbocycles. The Bertz CT molecular complexity index is 1670. The molecule has 12 nitrogen and oxygen atoms in total. The lowest BCUT2D eigenvalue weighted by Crippen LogP contribution is -2.66. The molecule has 6 rings (SSSR count). The third kappa shape index (κ3) is 3.78. The van der Waals surface area contributed by atoms with Crippen molar-refractivity contribution in [2.75, 3.05) is 26.3 Å². The van der Waals surface area contributed by atoms with Gasteiger partial charge < -0.3 is 35.4 Å². The molecule has 3 atom stereocenters. The number of aliphatic hydroxyl groups excluding tert-OH is 1. The third-order valence-corrected chi connectivity index (χ3v) is 8.45. The molecule has 0 radical (unpaired) electrons. The summed E-state index contributed by atoms with van der Waals surface area (Å²) < 4.78 is 11.0. The van der Waals surface area contributed by atoms with Crippen LogP contribution in [0.5, 0.6) is 11.5 Å². The number of Topliss-reactive ketones (excluding diaryl/α,β-unsaturated/α-hetero) is 2. The van der Waals surface area contributed by atoms with E-state index in [2.05, 4.69) is 5.16 Å². The normalized spacial score (nSPS) is 25.1. The highest BCUT2D eigenvalue weighted by Crippen LogP contribution is 2.51. The summed E-state index contributed by atoms with van der Waals surface area (Å²) in [5.41, 5.74) is 2.99. The lowest BCUT2D eigenvalue weighted by molar-refractivity contribution is -0.136. The number of primary amides is 1. The Morgan fingerprint density at radius 3 is 2.49 bits per heavy atom. The summed E-state index contributed by atoms with van der Waals surface area (Å²) in [7, 11) is 0. The SMILES string of the molecule is CC(C)c1cc(-c2ccc(O)c3c(O)c4c(cc23)CC2C(N3CCOCC3)C(=O)C(C(N)=O)=C(O)C2(O)C4=O)on1. The van der Waals surface area contributed by atoms with Crippen molar-refractivity contribution < 1.29 is 44.1 Å². The Labute approximate surface area is 233 Å². The van der Waals surface area contributed by atoms with Gasteiger partial charge in [-0.1, -0.05) is 19.0 Å². The minimum absolute atomic E-state index is 0.0747. The van der Waals surface area contributed by atoms with Gasteiger partial charge in [-0.2, -0.15) is 0 Å². The van der Waals surface area contributed by atoms with Crippen molar-refractivity contribution in [1.29, 1.82) is 0 Å². The minimum Gasteiger partial charge on any atom is -0.508 e. The molecular weight excluding hydrogens is 534 g/mol. The first-order valence-corrected chi connectivity index (χ1v) is 13.3. The van der Waals surface area contributed by atoms with Crippen LogP contribution in [-0.2, 0) is 20.7 Å². The van der Waals surface area contributed by atoms with Gasteiger partial charge in [0.05, 0.1) is 35.9 Å². The van der Waals surface area contributed by atoms with E-state index < -0.39 is 52.1 Å². The second kappa shape index (κ2) is 9.40. The van der Waals surface area contributed by atoms with Crippen molar-refractivity contribution in [2.45, 2.75) is 37.8 Å². The summed E-state index contributed by atoms with van der Waals surface area (Å²) in [6, 6.07) is 5.11. The van der Waals surface area contributed by atoms with Gasteiger partial charge in [0.1, 0.15) is 22.8 Å². The molecule has 1 amide bonds. The molecule has 0 bridgehead atoms. The van der Waals surface area contributed by atoms with Crippen LogP contribution in [0.3, 0.4) is 0 Å². The maximum Gasteiger partial charge on any atom is 0.255 e. The third-order valence-electron chi connectivity index (χ3n) is 8.45. The molecule has 214 valence electrons. The number of benzene rings is 2. The molecule has 6 N–H and O–H groups in total. The van der Waals surface area contributed by atoms with Crippen LogP contribution in [0.25, 0.3) is 22.1 Å².